The fraction of sp³-hybridized carbons (Fsp3) is 0.333. The smallest absolute Gasteiger partial charge is 0.270 e. The van der Waals surface area contributed by atoms with E-state index in [0.717, 1.165) is 4.42 Å². The zero-order valence-corrected chi connectivity index (χ0v) is 7.76. The second-order valence-electron chi connectivity index (χ2n) is 2.50. The number of hydrogen-bond donors (Lipinski definition) is 0. The lowest BCUT2D eigenvalue weighted by Gasteiger charge is -2.20. The number of imide groups is 1. The molecule has 1 rings (SSSR count). The van der Waals surface area contributed by atoms with Crippen LogP contribution in [0.4, 0.5) is 4.79 Å². The molecular formula is C6H6Cl2N2O2. The van der Waals surface area contributed by atoms with Crippen LogP contribution in [0.2, 0.25) is 0 Å². The summed E-state index contributed by atoms with van der Waals surface area (Å²) in [5.74, 6) is -0.598. The monoisotopic (exact) mass is 208 g/mol. The van der Waals surface area contributed by atoms with Crippen molar-refractivity contribution in [2.75, 3.05) is 0 Å². The summed E-state index contributed by atoms with van der Waals surface area (Å²) in [5.41, 5.74) is -1.24. The topological polar surface area (TPSA) is 40.6 Å². The van der Waals surface area contributed by atoms with Crippen molar-refractivity contribution in [2.45, 2.75) is 12.5 Å². The summed E-state index contributed by atoms with van der Waals surface area (Å²) in [6, 6.07) is -0.759. The third kappa shape index (κ3) is 0.916. The van der Waals surface area contributed by atoms with Gasteiger partial charge in [0.15, 0.2) is 5.54 Å². The van der Waals surface area contributed by atoms with Gasteiger partial charge in [0.25, 0.3) is 5.91 Å². The number of rotatable bonds is 1. The maximum absolute atomic E-state index is 11.3. The van der Waals surface area contributed by atoms with Crippen molar-refractivity contribution >= 4 is 35.5 Å². The highest BCUT2D eigenvalue weighted by Crippen LogP contribution is 2.31. The fourth-order valence-corrected chi connectivity index (χ4v) is 1.32. The molecule has 3 amide bonds. The molecule has 0 aromatic rings. The van der Waals surface area contributed by atoms with E-state index in [9.17, 15) is 9.59 Å². The predicted octanol–water partition coefficient (Wildman–Crippen LogP) is 1.50. The largest absolute Gasteiger partial charge is 0.357 e. The van der Waals surface area contributed by atoms with E-state index in [4.69, 9.17) is 23.6 Å². The van der Waals surface area contributed by atoms with E-state index in [2.05, 4.69) is 6.58 Å². The lowest BCUT2D eigenvalue weighted by molar-refractivity contribution is -0.126. The highest BCUT2D eigenvalue weighted by atomic mass is 35.5. The molecule has 1 heterocycles. The molecule has 1 unspecified atom stereocenters. The number of urea groups is 1. The quantitative estimate of drug-likeness (QED) is 0.373. The first-order valence-corrected chi connectivity index (χ1v) is 3.76. The lowest BCUT2D eigenvalue weighted by Crippen LogP contribution is -2.39. The molecule has 0 spiro atoms. The number of carbonyl (C=O) groups is 2. The molecule has 0 bridgehead atoms. The van der Waals surface area contributed by atoms with E-state index >= 15 is 0 Å². The minimum atomic E-state index is -1.24. The Kier molecular flexibility index (Phi) is 2.06. The summed E-state index contributed by atoms with van der Waals surface area (Å²) >= 11 is 10.9. The third-order valence-electron chi connectivity index (χ3n) is 1.75. The van der Waals surface area contributed by atoms with E-state index in [1.54, 1.807) is 0 Å². The fourth-order valence-electron chi connectivity index (χ4n) is 0.813. The third-order valence-corrected chi connectivity index (χ3v) is 2.55. The normalized spacial score (nSPS) is 29.9. The van der Waals surface area contributed by atoms with Crippen LogP contribution in [0.15, 0.2) is 12.7 Å². The first-order chi connectivity index (χ1) is 5.45. The number of carbonyl (C=O) groups excluding carboxylic acids is 2. The number of amides is 3. The van der Waals surface area contributed by atoms with Crippen LogP contribution in [0.5, 0.6) is 0 Å². The summed E-state index contributed by atoms with van der Waals surface area (Å²) in [4.78, 5) is 22.3. The Balaban J connectivity index is 3.15. The standard InChI is InChI=1S/C6H6Cl2N2O2/c1-3-6(2)4(11)9(7)5(12)10(6)8/h3H,1H2,2H3. The molecule has 4 nitrogen and oxygen atoms in total. The summed E-state index contributed by atoms with van der Waals surface area (Å²) in [6.07, 6.45) is 1.27. The molecule has 6 heteroatoms. The molecule has 1 fully saturated rings. The van der Waals surface area contributed by atoms with Crippen molar-refractivity contribution < 1.29 is 9.59 Å². The number of hydrogen-bond acceptors (Lipinski definition) is 2. The van der Waals surface area contributed by atoms with E-state index in [1.807, 2.05) is 0 Å². The Morgan fingerprint density at radius 3 is 2.17 bits per heavy atom. The first kappa shape index (κ1) is 9.35. The maximum atomic E-state index is 11.3. The Morgan fingerprint density at radius 1 is 1.50 bits per heavy atom. The average Bonchev–Trinajstić information content (AvgIpc) is 2.22. The Labute approximate surface area is 79.5 Å². The van der Waals surface area contributed by atoms with Crippen LogP contribution in [0.3, 0.4) is 0 Å². The molecule has 1 aliphatic heterocycles. The number of halogens is 2. The molecule has 0 N–H and O–H groups in total. The van der Waals surface area contributed by atoms with Crippen LogP contribution in [0.25, 0.3) is 0 Å². The molecule has 66 valence electrons. The van der Waals surface area contributed by atoms with Gasteiger partial charge in [-0.15, -0.1) is 6.58 Å². The summed E-state index contributed by atoms with van der Waals surface area (Å²) in [7, 11) is 0. The highest BCUT2D eigenvalue weighted by molar-refractivity contribution is 6.39. The molecule has 0 aliphatic carbocycles. The van der Waals surface area contributed by atoms with Crippen LogP contribution in [0, 0.1) is 0 Å². The van der Waals surface area contributed by atoms with Gasteiger partial charge in [0, 0.05) is 23.6 Å². The van der Waals surface area contributed by atoms with Gasteiger partial charge in [0.05, 0.1) is 0 Å². The van der Waals surface area contributed by atoms with Crippen molar-refractivity contribution in [3.05, 3.63) is 12.7 Å². The Morgan fingerprint density at radius 2 is 2.00 bits per heavy atom. The van der Waals surface area contributed by atoms with Gasteiger partial charge in [-0.3, -0.25) is 4.79 Å². The zero-order chi connectivity index (χ0) is 9.52. The number of nitrogens with zero attached hydrogens (tertiary/aromatic N) is 2. The summed E-state index contributed by atoms with van der Waals surface area (Å²) in [5, 5.41) is 0. The van der Waals surface area contributed by atoms with Gasteiger partial charge in [-0.2, -0.15) is 4.42 Å². The van der Waals surface area contributed by atoms with Gasteiger partial charge in [-0.05, 0) is 6.92 Å². The predicted molar refractivity (Wildman–Crippen MR) is 44.4 cm³/mol. The van der Waals surface area contributed by atoms with Crippen LogP contribution < -0.4 is 0 Å². The minimum Gasteiger partial charge on any atom is -0.270 e. The van der Waals surface area contributed by atoms with E-state index in [-0.39, 0.29) is 0 Å². The van der Waals surface area contributed by atoms with Gasteiger partial charge in [0.2, 0.25) is 0 Å². The van der Waals surface area contributed by atoms with Gasteiger partial charge in [-0.1, -0.05) is 6.08 Å². The van der Waals surface area contributed by atoms with Crippen LogP contribution in [0.1, 0.15) is 6.92 Å². The van der Waals surface area contributed by atoms with Crippen molar-refractivity contribution in [3.63, 3.8) is 0 Å². The summed E-state index contributed by atoms with van der Waals surface area (Å²) < 4.78 is 1.16. The van der Waals surface area contributed by atoms with Crippen molar-refractivity contribution in [1.29, 1.82) is 0 Å². The van der Waals surface area contributed by atoms with Gasteiger partial charge >= 0.3 is 6.03 Å². The van der Waals surface area contributed by atoms with Gasteiger partial charge in [0.1, 0.15) is 0 Å². The SMILES string of the molecule is C=CC1(C)C(=O)N(Cl)C(=O)N1Cl. The van der Waals surface area contributed by atoms with Gasteiger partial charge in [-0.25, -0.2) is 9.21 Å². The lowest BCUT2D eigenvalue weighted by atomic mass is 10.0. The van der Waals surface area contributed by atoms with Gasteiger partial charge < -0.3 is 0 Å². The molecular weight excluding hydrogens is 203 g/mol. The Hall–Kier alpha value is -0.740. The molecule has 0 aromatic heterocycles. The van der Waals surface area contributed by atoms with E-state index in [0.29, 0.717) is 4.42 Å². The Bertz CT molecular complexity index is 268. The van der Waals surface area contributed by atoms with Crippen molar-refractivity contribution in [1.82, 2.24) is 8.84 Å². The van der Waals surface area contributed by atoms with Crippen LogP contribution in [-0.2, 0) is 4.79 Å². The highest BCUT2D eigenvalue weighted by Gasteiger charge is 2.52. The molecule has 0 radical (unpaired) electrons. The van der Waals surface area contributed by atoms with E-state index in [1.165, 1.54) is 13.0 Å². The van der Waals surface area contributed by atoms with Crippen LogP contribution >= 0.6 is 23.6 Å². The molecule has 0 aromatic carbocycles. The van der Waals surface area contributed by atoms with E-state index < -0.39 is 17.5 Å². The molecule has 1 aliphatic rings. The average molecular weight is 209 g/mol. The van der Waals surface area contributed by atoms with Crippen molar-refractivity contribution in [3.8, 4) is 0 Å². The maximum Gasteiger partial charge on any atom is 0.357 e. The second-order valence-corrected chi connectivity index (χ2v) is 3.18. The molecule has 12 heavy (non-hydrogen) atoms. The molecule has 1 saturated heterocycles. The zero-order valence-electron chi connectivity index (χ0n) is 6.25. The second kappa shape index (κ2) is 2.64. The van der Waals surface area contributed by atoms with Crippen molar-refractivity contribution in [2.24, 2.45) is 0 Å². The molecule has 1 atom stereocenters. The first-order valence-electron chi connectivity index (χ1n) is 3.09. The molecule has 0 saturated carbocycles. The summed E-state index contributed by atoms with van der Waals surface area (Å²) in [6.45, 7) is 4.85. The minimum absolute atomic E-state index is 0.439. The van der Waals surface area contributed by atoms with Crippen LogP contribution in [-0.4, -0.2) is 26.3 Å².